The molecule has 2 aromatic carbocycles. The monoisotopic (exact) mass is 446 g/mol. The van der Waals surface area contributed by atoms with Gasteiger partial charge in [0.05, 0.1) is 11.1 Å². The van der Waals surface area contributed by atoms with Gasteiger partial charge in [-0.1, -0.05) is 17.2 Å². The number of nitrogens with one attached hydrogen (secondary N) is 1. The van der Waals surface area contributed by atoms with Crippen LogP contribution in [0.15, 0.2) is 64.9 Å². The number of hydroxylamine groups is 2. The minimum atomic E-state index is -4.22. The quantitative estimate of drug-likeness (QED) is 0.604. The first-order valence-corrected chi connectivity index (χ1v) is 10.7. The fourth-order valence-corrected chi connectivity index (χ4v) is 5.11. The zero-order valence-corrected chi connectivity index (χ0v) is 16.5. The highest BCUT2D eigenvalue weighted by atomic mass is 32.2. The third-order valence-electron chi connectivity index (χ3n) is 4.13. The maximum atomic E-state index is 13.0. The average Bonchev–Trinajstić information content (AvgIpc) is 3.31. The lowest BCUT2D eigenvalue weighted by Gasteiger charge is -2.13. The summed E-state index contributed by atoms with van der Waals surface area (Å²) in [7, 11) is -4.22. The highest BCUT2D eigenvalue weighted by molar-refractivity contribution is 7.93. The second-order valence-corrected chi connectivity index (χ2v) is 8.62. The Morgan fingerprint density at radius 3 is 2.17 bits per heavy atom. The van der Waals surface area contributed by atoms with Gasteiger partial charge in [-0.25, -0.2) is 17.6 Å². The van der Waals surface area contributed by atoms with E-state index in [1.807, 2.05) is 0 Å². The molecule has 1 aliphatic rings. The number of hydrogen-bond donors (Lipinski definition) is 1. The first-order chi connectivity index (χ1) is 14.3. The third-order valence-corrected chi connectivity index (χ3v) is 6.58. The molecule has 1 N–H and O–H groups in total. The maximum Gasteiger partial charge on any atom is 0.375 e. The van der Waals surface area contributed by atoms with Gasteiger partial charge in [0.1, 0.15) is 15.6 Å². The molecule has 0 unspecified atom stereocenters. The van der Waals surface area contributed by atoms with E-state index < -0.39 is 38.5 Å². The number of hydrogen-bond acceptors (Lipinski definition) is 7. The Balaban J connectivity index is 1.57. The van der Waals surface area contributed by atoms with Crippen molar-refractivity contribution in [3.05, 3.63) is 81.8 Å². The van der Waals surface area contributed by atoms with E-state index >= 15 is 0 Å². The van der Waals surface area contributed by atoms with Crippen LogP contribution in [0.5, 0.6) is 0 Å². The Kier molecular flexibility index (Phi) is 4.84. The van der Waals surface area contributed by atoms with E-state index in [-0.39, 0.29) is 21.7 Å². The van der Waals surface area contributed by atoms with Crippen molar-refractivity contribution >= 4 is 44.8 Å². The third kappa shape index (κ3) is 3.44. The molecular weight excluding hydrogens is 435 g/mol. The Labute approximate surface area is 173 Å². The zero-order valence-electron chi connectivity index (χ0n) is 14.9. The van der Waals surface area contributed by atoms with Crippen molar-refractivity contribution in [2.24, 2.45) is 0 Å². The Morgan fingerprint density at radius 1 is 0.967 bits per heavy atom. The standard InChI is InChI=1S/C19H11FN2O6S2/c20-11-5-7-12(8-6-11)21-30(26,27)15-9-10-29-16(15)19(25)28-22-17(23)13-3-1-2-4-14(13)18(22)24/h1-10,21H. The fraction of sp³-hybridized carbons (Fsp3) is 0. The summed E-state index contributed by atoms with van der Waals surface area (Å²) < 4.78 is 40.6. The summed E-state index contributed by atoms with van der Waals surface area (Å²) >= 11 is 0.764. The number of carbonyl (C=O) groups is 3. The number of anilines is 1. The van der Waals surface area contributed by atoms with Crippen LogP contribution in [0.1, 0.15) is 30.4 Å². The van der Waals surface area contributed by atoms with Gasteiger partial charge < -0.3 is 4.84 Å². The molecule has 3 aromatic rings. The lowest BCUT2D eigenvalue weighted by molar-refractivity contribution is -0.0583. The van der Waals surface area contributed by atoms with Crippen LogP contribution in [0.2, 0.25) is 0 Å². The summed E-state index contributed by atoms with van der Waals surface area (Å²) in [5, 5.41) is 1.65. The molecule has 1 aliphatic heterocycles. The number of rotatable bonds is 5. The highest BCUT2D eigenvalue weighted by Gasteiger charge is 2.39. The van der Waals surface area contributed by atoms with Gasteiger partial charge in [0, 0.05) is 5.69 Å². The van der Waals surface area contributed by atoms with Crippen molar-refractivity contribution in [1.82, 2.24) is 5.06 Å². The van der Waals surface area contributed by atoms with Crippen LogP contribution < -0.4 is 4.72 Å². The Hall–Kier alpha value is -3.57. The number of thiophene rings is 1. The first-order valence-electron chi connectivity index (χ1n) is 8.34. The molecule has 4 rings (SSSR count). The molecule has 0 fully saturated rings. The Bertz CT molecular complexity index is 1250. The number of benzene rings is 2. The summed E-state index contributed by atoms with van der Waals surface area (Å²) in [6, 6.07) is 11.7. The average molecular weight is 446 g/mol. The molecule has 8 nitrogen and oxygen atoms in total. The number of sulfonamides is 1. The second-order valence-electron chi connectivity index (χ2n) is 6.06. The van der Waals surface area contributed by atoms with E-state index in [0.717, 1.165) is 23.5 Å². The van der Waals surface area contributed by atoms with E-state index in [0.29, 0.717) is 5.06 Å². The van der Waals surface area contributed by atoms with Crippen LogP contribution in [0.3, 0.4) is 0 Å². The van der Waals surface area contributed by atoms with Crippen molar-refractivity contribution in [1.29, 1.82) is 0 Å². The van der Waals surface area contributed by atoms with E-state index in [9.17, 15) is 27.2 Å². The van der Waals surface area contributed by atoms with Crippen LogP contribution in [0.25, 0.3) is 0 Å². The number of fused-ring (bicyclic) bond motifs is 1. The molecule has 0 saturated heterocycles. The van der Waals surface area contributed by atoms with Crippen LogP contribution >= 0.6 is 11.3 Å². The predicted octanol–water partition coefficient (Wildman–Crippen LogP) is 3.06. The number of nitrogens with zero attached hydrogens (tertiary/aromatic N) is 1. The summed E-state index contributed by atoms with van der Waals surface area (Å²) in [6.45, 7) is 0. The zero-order chi connectivity index (χ0) is 21.5. The molecule has 1 aromatic heterocycles. The summed E-state index contributed by atoms with van der Waals surface area (Å²) in [5.41, 5.74) is 0.238. The molecular formula is C19H11FN2O6S2. The molecule has 0 saturated carbocycles. The van der Waals surface area contributed by atoms with Crippen molar-refractivity contribution < 1.29 is 32.0 Å². The molecule has 11 heteroatoms. The Morgan fingerprint density at radius 2 is 1.57 bits per heavy atom. The molecule has 152 valence electrons. The molecule has 0 spiro atoms. The van der Waals surface area contributed by atoms with E-state index in [1.54, 1.807) is 12.1 Å². The van der Waals surface area contributed by atoms with Crippen LogP contribution in [0.4, 0.5) is 10.1 Å². The highest BCUT2D eigenvalue weighted by Crippen LogP contribution is 2.28. The normalized spacial score (nSPS) is 13.3. The predicted molar refractivity (Wildman–Crippen MR) is 104 cm³/mol. The molecule has 0 aliphatic carbocycles. The van der Waals surface area contributed by atoms with Crippen LogP contribution in [0, 0.1) is 5.82 Å². The van der Waals surface area contributed by atoms with Gasteiger partial charge in [-0.15, -0.1) is 11.3 Å². The number of amides is 2. The fourth-order valence-electron chi connectivity index (χ4n) is 2.76. The topological polar surface area (TPSA) is 110 Å². The number of halogens is 1. The minimum Gasteiger partial charge on any atom is -0.323 e. The van der Waals surface area contributed by atoms with E-state index in [4.69, 9.17) is 4.84 Å². The van der Waals surface area contributed by atoms with Crippen molar-refractivity contribution in [3.8, 4) is 0 Å². The van der Waals surface area contributed by atoms with Gasteiger partial charge in [0.2, 0.25) is 0 Å². The van der Waals surface area contributed by atoms with E-state index in [2.05, 4.69) is 4.72 Å². The number of imide groups is 1. The van der Waals surface area contributed by atoms with Gasteiger partial charge in [0.25, 0.3) is 21.8 Å². The second kappa shape index (κ2) is 7.35. The lowest BCUT2D eigenvalue weighted by atomic mass is 10.1. The SMILES string of the molecule is O=C(ON1C(=O)c2ccccc2C1=O)c1sccc1S(=O)(=O)Nc1ccc(F)cc1. The number of carbonyl (C=O) groups excluding carboxylic acids is 3. The van der Waals surface area contributed by atoms with Crippen LogP contribution in [-0.2, 0) is 14.9 Å². The largest absolute Gasteiger partial charge is 0.375 e. The smallest absolute Gasteiger partial charge is 0.323 e. The summed E-state index contributed by atoms with van der Waals surface area (Å²) in [4.78, 5) is 41.4. The van der Waals surface area contributed by atoms with Gasteiger partial charge in [-0.2, -0.15) is 0 Å². The van der Waals surface area contributed by atoms with Crippen molar-refractivity contribution in [3.63, 3.8) is 0 Å². The molecule has 30 heavy (non-hydrogen) atoms. The van der Waals surface area contributed by atoms with Gasteiger partial charge in [-0.05, 0) is 47.8 Å². The minimum absolute atomic E-state index is 0.0762. The van der Waals surface area contributed by atoms with Crippen molar-refractivity contribution in [2.75, 3.05) is 4.72 Å². The first kappa shape index (κ1) is 19.7. The van der Waals surface area contributed by atoms with Crippen LogP contribution in [-0.4, -0.2) is 31.3 Å². The maximum absolute atomic E-state index is 13.0. The lowest BCUT2D eigenvalue weighted by Crippen LogP contribution is -2.33. The van der Waals surface area contributed by atoms with Gasteiger partial charge in [0.15, 0.2) is 0 Å². The molecule has 0 radical (unpaired) electrons. The molecule has 2 amide bonds. The molecule has 0 bridgehead atoms. The van der Waals surface area contributed by atoms with E-state index in [1.165, 1.54) is 35.7 Å². The summed E-state index contributed by atoms with van der Waals surface area (Å²) in [5.74, 6) is -3.37. The molecule has 2 heterocycles. The summed E-state index contributed by atoms with van der Waals surface area (Å²) in [6.07, 6.45) is 0. The van der Waals surface area contributed by atoms with Crippen molar-refractivity contribution in [2.45, 2.75) is 4.90 Å². The van der Waals surface area contributed by atoms with Gasteiger partial charge in [-0.3, -0.25) is 14.3 Å². The van der Waals surface area contributed by atoms with Gasteiger partial charge >= 0.3 is 5.97 Å². The molecule has 0 atom stereocenters.